The van der Waals surface area contributed by atoms with Crippen LogP contribution in [0.4, 0.5) is 10.3 Å². The van der Waals surface area contributed by atoms with E-state index in [2.05, 4.69) is 31.0 Å². The number of carbonyl (C=O) groups excluding carboxylic acids is 1. The Bertz CT molecular complexity index is 1330. The first-order valence-corrected chi connectivity index (χ1v) is 8.80. The Labute approximate surface area is 163 Å². The number of hydrogen-bond acceptors (Lipinski definition) is 6. The maximum absolute atomic E-state index is 13.7. The average Bonchev–Trinajstić information content (AvgIpc) is 3.09. The van der Waals surface area contributed by atoms with Gasteiger partial charge in [0, 0.05) is 29.5 Å². The van der Waals surface area contributed by atoms with Crippen molar-refractivity contribution >= 4 is 28.4 Å². The molecule has 0 saturated heterocycles. The molecule has 0 radical (unpaired) electrons. The molecule has 2 aromatic carbocycles. The summed E-state index contributed by atoms with van der Waals surface area (Å²) >= 11 is 0. The minimum atomic E-state index is -0.374. The molecule has 0 unspecified atom stereocenters. The number of anilines is 1. The molecule has 8 nitrogen and oxygen atoms in total. The van der Waals surface area contributed by atoms with Crippen molar-refractivity contribution in [1.29, 1.82) is 0 Å². The molecule has 0 fully saturated rings. The minimum absolute atomic E-state index is 0.252. The van der Waals surface area contributed by atoms with Crippen molar-refractivity contribution < 1.29 is 9.18 Å². The van der Waals surface area contributed by atoms with Crippen molar-refractivity contribution in [1.82, 2.24) is 30.2 Å². The lowest BCUT2D eigenvalue weighted by Crippen LogP contribution is -2.24. The molecular weight excluding hydrogens is 373 g/mol. The van der Waals surface area contributed by atoms with Crippen LogP contribution in [0.3, 0.4) is 0 Å². The van der Waals surface area contributed by atoms with Crippen LogP contribution in [0.15, 0.2) is 72.8 Å². The lowest BCUT2D eigenvalue weighted by Gasteiger charge is -2.10. The van der Waals surface area contributed by atoms with Gasteiger partial charge in [-0.1, -0.05) is 24.3 Å². The number of hydrogen-bond donors (Lipinski definition) is 3. The first-order valence-electron chi connectivity index (χ1n) is 8.80. The summed E-state index contributed by atoms with van der Waals surface area (Å²) in [4.78, 5) is 21.4. The summed E-state index contributed by atoms with van der Waals surface area (Å²) in [5.41, 5.74) is 2.02. The lowest BCUT2D eigenvalue weighted by molar-refractivity contribution is -0.116. The van der Waals surface area contributed by atoms with Gasteiger partial charge in [-0.25, -0.2) is 14.4 Å². The highest BCUT2D eigenvalue weighted by Crippen LogP contribution is 2.25. The van der Waals surface area contributed by atoms with Gasteiger partial charge in [-0.15, -0.1) is 5.10 Å². The first kappa shape index (κ1) is 16.9. The van der Waals surface area contributed by atoms with E-state index in [1.165, 1.54) is 29.0 Å². The molecule has 4 aromatic rings. The van der Waals surface area contributed by atoms with Crippen LogP contribution in [0.2, 0.25) is 0 Å². The van der Waals surface area contributed by atoms with E-state index < -0.39 is 0 Å². The molecule has 0 atom stereocenters. The van der Waals surface area contributed by atoms with E-state index in [1.807, 2.05) is 24.3 Å². The van der Waals surface area contributed by atoms with Crippen molar-refractivity contribution in [2.75, 3.05) is 5.32 Å². The Balaban J connectivity index is 1.70. The van der Waals surface area contributed by atoms with Crippen molar-refractivity contribution in [3.8, 4) is 11.4 Å². The number of carbonyl (C=O) groups is 1. The smallest absolute Gasteiger partial charge is 0.273 e. The molecule has 142 valence electrons. The quantitative estimate of drug-likeness (QED) is 0.500. The molecule has 1 aliphatic rings. The van der Waals surface area contributed by atoms with Crippen LogP contribution in [-0.2, 0) is 4.79 Å². The zero-order chi connectivity index (χ0) is 19.8. The highest BCUT2D eigenvalue weighted by atomic mass is 19.1. The van der Waals surface area contributed by atoms with Gasteiger partial charge < -0.3 is 16.0 Å². The van der Waals surface area contributed by atoms with Crippen LogP contribution >= 0.6 is 0 Å². The third-order valence-electron chi connectivity index (χ3n) is 4.37. The van der Waals surface area contributed by atoms with E-state index in [0.717, 1.165) is 5.39 Å². The predicted molar refractivity (Wildman–Crippen MR) is 106 cm³/mol. The molecule has 29 heavy (non-hydrogen) atoms. The molecule has 0 aliphatic carbocycles. The lowest BCUT2D eigenvalue weighted by atomic mass is 10.2. The van der Waals surface area contributed by atoms with Gasteiger partial charge >= 0.3 is 0 Å². The molecule has 3 heterocycles. The molecule has 3 N–H and O–H groups in total. The first-order chi connectivity index (χ1) is 14.2. The SMILES string of the molecule is O=C1NC=CNC=C1Nc1nc2ccccc2c2nc(-c3cccc(F)c3)nn12. The van der Waals surface area contributed by atoms with E-state index in [1.54, 1.807) is 18.3 Å². The number of nitrogens with one attached hydrogen (secondary N) is 3. The Morgan fingerprint density at radius 1 is 1.03 bits per heavy atom. The van der Waals surface area contributed by atoms with Gasteiger partial charge in [-0.2, -0.15) is 4.52 Å². The fourth-order valence-corrected chi connectivity index (χ4v) is 3.04. The van der Waals surface area contributed by atoms with Crippen molar-refractivity contribution in [2.24, 2.45) is 0 Å². The fourth-order valence-electron chi connectivity index (χ4n) is 3.04. The Morgan fingerprint density at radius 3 is 2.83 bits per heavy atom. The van der Waals surface area contributed by atoms with E-state index in [9.17, 15) is 9.18 Å². The third kappa shape index (κ3) is 3.04. The van der Waals surface area contributed by atoms with Gasteiger partial charge in [0.2, 0.25) is 5.95 Å². The molecule has 1 amide bonds. The number of benzene rings is 2. The van der Waals surface area contributed by atoms with Crippen LogP contribution < -0.4 is 16.0 Å². The number of para-hydroxylation sites is 1. The Hall–Kier alpha value is -4.27. The largest absolute Gasteiger partial charge is 0.364 e. The average molecular weight is 387 g/mol. The highest BCUT2D eigenvalue weighted by Gasteiger charge is 2.18. The second kappa shape index (κ2) is 6.71. The predicted octanol–water partition coefficient (Wildman–Crippen LogP) is 2.53. The summed E-state index contributed by atoms with van der Waals surface area (Å²) < 4.78 is 15.2. The van der Waals surface area contributed by atoms with Crippen LogP contribution in [0.5, 0.6) is 0 Å². The number of fused-ring (bicyclic) bond motifs is 3. The molecule has 0 saturated carbocycles. The fraction of sp³-hybridized carbons (Fsp3) is 0. The van der Waals surface area contributed by atoms with Crippen LogP contribution in [-0.4, -0.2) is 25.5 Å². The summed E-state index contributed by atoms with van der Waals surface area (Å²) in [6, 6.07) is 13.5. The summed E-state index contributed by atoms with van der Waals surface area (Å²) in [6.07, 6.45) is 4.61. The molecule has 5 rings (SSSR count). The van der Waals surface area contributed by atoms with Crippen LogP contribution in [0.1, 0.15) is 0 Å². The van der Waals surface area contributed by atoms with Gasteiger partial charge in [-0.05, 0) is 24.3 Å². The number of rotatable bonds is 3. The molecule has 2 aromatic heterocycles. The van der Waals surface area contributed by atoms with E-state index >= 15 is 0 Å². The van der Waals surface area contributed by atoms with E-state index in [0.29, 0.717) is 28.5 Å². The van der Waals surface area contributed by atoms with Crippen molar-refractivity contribution in [3.63, 3.8) is 0 Å². The number of amides is 1. The second-order valence-electron chi connectivity index (χ2n) is 6.29. The zero-order valence-electron chi connectivity index (χ0n) is 14.9. The standard InChI is InChI=1S/C20H14FN7O/c21-13-5-3-4-12(10-13)17-26-18-14-6-1-2-7-15(14)24-20(28(18)27-17)25-16-11-22-8-9-23-19(16)29/h1-11,22H,(H,23,29)(H,24,25). The molecular formula is C20H14FN7O. The second-order valence-corrected chi connectivity index (χ2v) is 6.29. The van der Waals surface area contributed by atoms with Gasteiger partial charge in [0.1, 0.15) is 11.5 Å². The maximum Gasteiger partial charge on any atom is 0.273 e. The summed E-state index contributed by atoms with van der Waals surface area (Å²) in [5.74, 6) is -0.0508. The van der Waals surface area contributed by atoms with Crippen LogP contribution in [0, 0.1) is 5.82 Å². The monoisotopic (exact) mass is 387 g/mol. The molecule has 1 aliphatic heterocycles. The Morgan fingerprint density at radius 2 is 1.93 bits per heavy atom. The molecule has 0 bridgehead atoms. The van der Waals surface area contributed by atoms with Gasteiger partial charge in [0.05, 0.1) is 5.52 Å². The Kier molecular flexibility index (Phi) is 3.91. The topological polar surface area (TPSA) is 96.2 Å². The third-order valence-corrected chi connectivity index (χ3v) is 4.37. The molecule has 9 heteroatoms. The van der Waals surface area contributed by atoms with Gasteiger partial charge in [-0.3, -0.25) is 4.79 Å². The summed E-state index contributed by atoms with van der Waals surface area (Å²) in [6.45, 7) is 0. The zero-order valence-corrected chi connectivity index (χ0v) is 14.9. The summed E-state index contributed by atoms with van der Waals surface area (Å²) in [7, 11) is 0. The van der Waals surface area contributed by atoms with E-state index in [4.69, 9.17) is 0 Å². The van der Waals surface area contributed by atoms with E-state index in [-0.39, 0.29) is 17.4 Å². The van der Waals surface area contributed by atoms with Crippen molar-refractivity contribution in [2.45, 2.75) is 0 Å². The summed E-state index contributed by atoms with van der Waals surface area (Å²) in [5, 5.41) is 13.8. The number of aromatic nitrogens is 4. The van der Waals surface area contributed by atoms with Crippen molar-refractivity contribution in [3.05, 3.63) is 78.6 Å². The molecule has 0 spiro atoms. The highest BCUT2D eigenvalue weighted by molar-refractivity contribution is 5.98. The van der Waals surface area contributed by atoms with Crippen LogP contribution in [0.25, 0.3) is 27.9 Å². The normalized spacial score (nSPS) is 13.7. The van der Waals surface area contributed by atoms with Gasteiger partial charge in [0.25, 0.3) is 5.91 Å². The number of nitrogens with zero attached hydrogens (tertiary/aromatic N) is 4. The minimum Gasteiger partial charge on any atom is -0.364 e. The number of halogens is 1. The van der Waals surface area contributed by atoms with Gasteiger partial charge in [0.15, 0.2) is 11.5 Å². The maximum atomic E-state index is 13.7.